The fraction of sp³-hybridized carbons (Fsp3) is 0.200. The Morgan fingerprint density at radius 3 is 2.71 bits per heavy atom. The molecule has 4 rings (SSSR count). The van der Waals surface area contributed by atoms with Crippen molar-refractivity contribution in [1.82, 2.24) is 19.9 Å². The highest BCUT2D eigenvalue weighted by Gasteiger charge is 2.29. The molecular formula is C20H19FN6O. The van der Waals surface area contributed by atoms with E-state index in [9.17, 15) is 9.18 Å². The molecule has 2 amide bonds. The van der Waals surface area contributed by atoms with Crippen LogP contribution >= 0.6 is 0 Å². The summed E-state index contributed by atoms with van der Waals surface area (Å²) in [5.41, 5.74) is 7.03. The molecule has 3 N–H and O–H groups in total. The van der Waals surface area contributed by atoms with E-state index in [4.69, 9.17) is 5.73 Å². The van der Waals surface area contributed by atoms with Gasteiger partial charge in [0.2, 0.25) is 0 Å². The molecule has 0 bridgehead atoms. The van der Waals surface area contributed by atoms with E-state index in [0.29, 0.717) is 30.0 Å². The Balaban J connectivity index is 1.49. The van der Waals surface area contributed by atoms with Crippen LogP contribution in [-0.2, 0) is 0 Å². The smallest absolute Gasteiger partial charge is 0.323 e. The van der Waals surface area contributed by atoms with Crippen LogP contribution in [0.25, 0.3) is 11.3 Å². The molecule has 0 spiro atoms. The average molecular weight is 378 g/mol. The second-order valence-corrected chi connectivity index (χ2v) is 6.58. The number of carbonyl (C=O) groups excluding carboxylic acids is 1. The first-order valence-electron chi connectivity index (χ1n) is 8.96. The van der Waals surface area contributed by atoms with E-state index in [2.05, 4.69) is 20.3 Å². The van der Waals surface area contributed by atoms with Gasteiger partial charge in [0, 0.05) is 37.0 Å². The van der Waals surface area contributed by atoms with E-state index < -0.39 is 0 Å². The minimum atomic E-state index is -0.387. The Kier molecular flexibility index (Phi) is 4.84. The number of anilines is 2. The first-order chi connectivity index (χ1) is 13.6. The van der Waals surface area contributed by atoms with Crippen LogP contribution in [0.5, 0.6) is 0 Å². The lowest BCUT2D eigenvalue weighted by Crippen LogP contribution is -2.33. The zero-order valence-corrected chi connectivity index (χ0v) is 15.0. The molecule has 1 atom stereocenters. The number of pyridine rings is 1. The second-order valence-electron chi connectivity index (χ2n) is 6.58. The van der Waals surface area contributed by atoms with Gasteiger partial charge in [0.15, 0.2) is 5.82 Å². The van der Waals surface area contributed by atoms with Gasteiger partial charge in [-0.1, -0.05) is 12.1 Å². The summed E-state index contributed by atoms with van der Waals surface area (Å²) in [5, 5.41) is 2.74. The van der Waals surface area contributed by atoms with Crippen molar-refractivity contribution in [2.45, 2.75) is 12.3 Å². The van der Waals surface area contributed by atoms with Crippen LogP contribution in [0, 0.1) is 5.82 Å². The number of nitrogens with one attached hydrogen (secondary N) is 1. The van der Waals surface area contributed by atoms with Crippen LogP contribution in [0.1, 0.15) is 18.2 Å². The van der Waals surface area contributed by atoms with Crippen molar-refractivity contribution in [2.24, 2.45) is 0 Å². The monoisotopic (exact) mass is 378 g/mol. The van der Waals surface area contributed by atoms with E-state index in [1.807, 2.05) is 0 Å². The van der Waals surface area contributed by atoms with Crippen molar-refractivity contribution in [2.75, 3.05) is 24.1 Å². The maximum absolute atomic E-state index is 14.0. The summed E-state index contributed by atoms with van der Waals surface area (Å²) < 4.78 is 14.0. The number of rotatable bonds is 3. The highest BCUT2D eigenvalue weighted by molar-refractivity contribution is 5.92. The van der Waals surface area contributed by atoms with Crippen molar-refractivity contribution in [3.63, 3.8) is 0 Å². The van der Waals surface area contributed by atoms with E-state index in [1.165, 1.54) is 6.07 Å². The molecule has 1 aliphatic rings. The van der Waals surface area contributed by atoms with E-state index in [0.717, 1.165) is 12.2 Å². The van der Waals surface area contributed by atoms with Gasteiger partial charge in [-0.15, -0.1) is 0 Å². The number of benzene rings is 1. The van der Waals surface area contributed by atoms with E-state index in [1.54, 1.807) is 53.7 Å². The molecule has 8 heteroatoms. The molecule has 0 saturated carbocycles. The van der Waals surface area contributed by atoms with Crippen molar-refractivity contribution >= 4 is 17.5 Å². The average Bonchev–Trinajstić information content (AvgIpc) is 3.21. The number of urea groups is 1. The Morgan fingerprint density at radius 1 is 1.14 bits per heavy atom. The summed E-state index contributed by atoms with van der Waals surface area (Å²) in [5.74, 6) is 0.659. The fourth-order valence-electron chi connectivity index (χ4n) is 3.25. The molecule has 1 fully saturated rings. The Morgan fingerprint density at radius 2 is 1.93 bits per heavy atom. The Bertz CT molecular complexity index is 997. The zero-order chi connectivity index (χ0) is 19.5. The van der Waals surface area contributed by atoms with Crippen LogP contribution < -0.4 is 11.1 Å². The van der Waals surface area contributed by atoms with Crippen LogP contribution in [0.4, 0.5) is 20.7 Å². The maximum Gasteiger partial charge on any atom is 0.323 e. The molecule has 1 aromatic carbocycles. The summed E-state index contributed by atoms with van der Waals surface area (Å²) in [4.78, 5) is 27.2. The first kappa shape index (κ1) is 17.8. The molecule has 0 aliphatic carbocycles. The number of hydrogen-bond donors (Lipinski definition) is 2. The SMILES string of the molecule is Nc1ccc(-c2ccccc2F)nc1NC(=O)N1CCC(c2ncccn2)C1. The number of amides is 2. The number of nitrogens with zero attached hydrogens (tertiary/aromatic N) is 4. The summed E-state index contributed by atoms with van der Waals surface area (Å²) in [6, 6.07) is 11.0. The number of nitrogen functional groups attached to an aromatic ring is 1. The van der Waals surface area contributed by atoms with Gasteiger partial charge in [-0.05, 0) is 36.8 Å². The summed E-state index contributed by atoms with van der Waals surface area (Å²) >= 11 is 0. The zero-order valence-electron chi connectivity index (χ0n) is 15.0. The quantitative estimate of drug-likeness (QED) is 0.729. The summed E-state index contributed by atoms with van der Waals surface area (Å²) in [6.45, 7) is 1.10. The third-order valence-corrected chi connectivity index (χ3v) is 4.73. The number of likely N-dealkylation sites (tertiary alicyclic amines) is 1. The third-order valence-electron chi connectivity index (χ3n) is 4.73. The molecule has 1 saturated heterocycles. The molecule has 28 heavy (non-hydrogen) atoms. The molecule has 142 valence electrons. The highest BCUT2D eigenvalue weighted by atomic mass is 19.1. The number of aromatic nitrogens is 3. The lowest BCUT2D eigenvalue weighted by Gasteiger charge is -2.18. The van der Waals surface area contributed by atoms with Gasteiger partial charge >= 0.3 is 6.03 Å². The number of hydrogen-bond acceptors (Lipinski definition) is 5. The predicted molar refractivity (Wildman–Crippen MR) is 104 cm³/mol. The fourth-order valence-corrected chi connectivity index (χ4v) is 3.25. The number of nitrogens with two attached hydrogens (primary N) is 1. The second kappa shape index (κ2) is 7.59. The van der Waals surface area contributed by atoms with Crippen LogP contribution in [0.3, 0.4) is 0 Å². The number of halogens is 1. The van der Waals surface area contributed by atoms with E-state index in [-0.39, 0.29) is 23.6 Å². The Hall–Kier alpha value is -3.55. The molecule has 1 unspecified atom stereocenters. The molecule has 3 heterocycles. The van der Waals surface area contributed by atoms with Gasteiger partial charge in [0.25, 0.3) is 0 Å². The summed E-state index contributed by atoms with van der Waals surface area (Å²) in [6.07, 6.45) is 4.18. The van der Waals surface area contributed by atoms with Gasteiger partial charge in [0.05, 0.1) is 11.4 Å². The number of carbonyl (C=O) groups is 1. The molecular weight excluding hydrogens is 359 g/mol. The van der Waals surface area contributed by atoms with Gasteiger partial charge in [-0.2, -0.15) is 0 Å². The van der Waals surface area contributed by atoms with Gasteiger partial charge in [-0.25, -0.2) is 24.1 Å². The van der Waals surface area contributed by atoms with Crippen LogP contribution in [0.15, 0.2) is 54.9 Å². The minimum Gasteiger partial charge on any atom is -0.396 e. The maximum atomic E-state index is 14.0. The largest absolute Gasteiger partial charge is 0.396 e. The summed E-state index contributed by atoms with van der Waals surface area (Å²) in [7, 11) is 0. The topological polar surface area (TPSA) is 97.0 Å². The van der Waals surface area contributed by atoms with Crippen LogP contribution in [-0.4, -0.2) is 39.0 Å². The highest BCUT2D eigenvalue weighted by Crippen LogP contribution is 2.27. The van der Waals surface area contributed by atoms with Gasteiger partial charge in [0.1, 0.15) is 11.6 Å². The van der Waals surface area contributed by atoms with E-state index >= 15 is 0 Å². The first-order valence-corrected chi connectivity index (χ1v) is 8.96. The minimum absolute atomic E-state index is 0.0991. The lowest BCUT2D eigenvalue weighted by atomic mass is 10.1. The third kappa shape index (κ3) is 3.62. The Labute approximate surface area is 161 Å². The van der Waals surface area contributed by atoms with Crippen molar-refractivity contribution < 1.29 is 9.18 Å². The van der Waals surface area contributed by atoms with Gasteiger partial charge in [-0.3, -0.25) is 5.32 Å². The normalized spacial score (nSPS) is 16.2. The molecule has 0 radical (unpaired) electrons. The van der Waals surface area contributed by atoms with Crippen molar-refractivity contribution in [1.29, 1.82) is 0 Å². The molecule has 7 nitrogen and oxygen atoms in total. The molecule has 1 aliphatic heterocycles. The van der Waals surface area contributed by atoms with Crippen molar-refractivity contribution in [3.05, 3.63) is 66.5 Å². The predicted octanol–water partition coefficient (Wildman–Crippen LogP) is 3.28. The standard InChI is InChI=1S/C20H19FN6O/c21-15-5-2-1-4-14(15)17-7-6-16(22)19(25-17)26-20(28)27-11-8-13(12-27)18-23-9-3-10-24-18/h1-7,9-10,13H,8,11-12,22H2,(H,25,26,28). The molecule has 3 aromatic rings. The lowest BCUT2D eigenvalue weighted by molar-refractivity contribution is 0.222. The molecule has 2 aromatic heterocycles. The van der Waals surface area contributed by atoms with Gasteiger partial charge < -0.3 is 10.6 Å². The van der Waals surface area contributed by atoms with Crippen molar-refractivity contribution in [3.8, 4) is 11.3 Å². The van der Waals surface area contributed by atoms with Crippen LogP contribution in [0.2, 0.25) is 0 Å².